The van der Waals surface area contributed by atoms with Crippen molar-refractivity contribution in [2.75, 3.05) is 0 Å². The van der Waals surface area contributed by atoms with E-state index in [1.54, 1.807) is 0 Å². The lowest BCUT2D eigenvalue weighted by atomic mass is 9.86. The second kappa shape index (κ2) is 5.25. The molecule has 0 atom stereocenters. The molecule has 0 aliphatic rings. The third-order valence-corrected chi connectivity index (χ3v) is 3.21. The average Bonchev–Trinajstić information content (AvgIpc) is 2.15. The average molecular weight is 232 g/mol. The van der Waals surface area contributed by atoms with Crippen molar-refractivity contribution in [3.05, 3.63) is 35.4 Å². The highest BCUT2D eigenvalue weighted by Crippen LogP contribution is 2.24. The smallest absolute Gasteiger partial charge is 0.0132 e. The van der Waals surface area contributed by atoms with Gasteiger partial charge in [-0.25, -0.2) is 0 Å². The zero-order valence-corrected chi connectivity index (χ0v) is 12.4. The Hall–Kier alpha value is -0.780. The van der Waals surface area contributed by atoms with Crippen LogP contribution in [0.1, 0.15) is 65.5 Å². The summed E-state index contributed by atoms with van der Waals surface area (Å²) >= 11 is 0. The Kier molecular flexibility index (Phi) is 4.41. The number of benzene rings is 1. The van der Waals surface area contributed by atoms with Crippen LogP contribution in [0.15, 0.2) is 24.3 Å². The van der Waals surface area contributed by atoms with Crippen LogP contribution in [0.25, 0.3) is 0 Å². The first-order valence-electron chi connectivity index (χ1n) is 6.78. The molecule has 1 aromatic carbocycles. The van der Waals surface area contributed by atoms with Crippen LogP contribution >= 0.6 is 0 Å². The summed E-state index contributed by atoms with van der Waals surface area (Å²) in [6, 6.07) is 9.16. The van der Waals surface area contributed by atoms with E-state index in [9.17, 15) is 0 Å². The first-order chi connectivity index (χ1) is 7.68. The summed E-state index contributed by atoms with van der Waals surface area (Å²) in [5.74, 6) is 0. The Morgan fingerprint density at radius 3 is 1.76 bits per heavy atom. The van der Waals surface area contributed by atoms with Crippen molar-refractivity contribution < 1.29 is 0 Å². The molecule has 0 heterocycles. The summed E-state index contributed by atoms with van der Waals surface area (Å²) in [4.78, 5) is 0. The standard InChI is InChI=1S/C17H28/c1-16(2,3)13-7-8-14-9-11-15(12-10-14)17(4,5)6/h9-12H,7-8,13H2,1-6H3. The SMILES string of the molecule is CC(C)(C)CCCc1ccc(C(C)(C)C)cc1. The van der Waals surface area contributed by atoms with Gasteiger partial charge in [0.2, 0.25) is 0 Å². The minimum Gasteiger partial charge on any atom is -0.0602 e. The molecule has 0 amide bonds. The van der Waals surface area contributed by atoms with E-state index in [2.05, 4.69) is 65.8 Å². The fourth-order valence-corrected chi connectivity index (χ4v) is 1.99. The lowest BCUT2D eigenvalue weighted by Crippen LogP contribution is -2.10. The zero-order chi connectivity index (χ0) is 13.1. The van der Waals surface area contributed by atoms with Crippen molar-refractivity contribution in [3.8, 4) is 0 Å². The number of aryl methyl sites for hydroxylation is 1. The van der Waals surface area contributed by atoms with Gasteiger partial charge in [0, 0.05) is 0 Å². The Labute approximate surface area is 107 Å². The Morgan fingerprint density at radius 1 is 0.824 bits per heavy atom. The monoisotopic (exact) mass is 232 g/mol. The van der Waals surface area contributed by atoms with Gasteiger partial charge in [0.15, 0.2) is 0 Å². The Morgan fingerprint density at radius 2 is 1.35 bits per heavy atom. The molecule has 0 N–H and O–H groups in total. The van der Waals surface area contributed by atoms with Gasteiger partial charge in [-0.3, -0.25) is 0 Å². The van der Waals surface area contributed by atoms with Crippen molar-refractivity contribution in [2.45, 2.75) is 66.2 Å². The molecule has 0 spiro atoms. The molecule has 0 aliphatic carbocycles. The summed E-state index contributed by atoms with van der Waals surface area (Å²) in [5.41, 5.74) is 3.63. The molecule has 1 rings (SSSR count). The van der Waals surface area contributed by atoms with Gasteiger partial charge in [-0.05, 0) is 41.2 Å². The third kappa shape index (κ3) is 5.39. The molecule has 0 heteroatoms. The first-order valence-corrected chi connectivity index (χ1v) is 6.78. The number of hydrogen-bond acceptors (Lipinski definition) is 0. The second-order valence-electron chi connectivity index (χ2n) is 7.36. The van der Waals surface area contributed by atoms with Crippen LogP contribution in [-0.4, -0.2) is 0 Å². The quantitative estimate of drug-likeness (QED) is 0.658. The molecule has 96 valence electrons. The maximum Gasteiger partial charge on any atom is -0.0132 e. The van der Waals surface area contributed by atoms with E-state index >= 15 is 0 Å². The summed E-state index contributed by atoms with van der Waals surface area (Å²) in [6.45, 7) is 13.7. The van der Waals surface area contributed by atoms with Gasteiger partial charge in [-0.15, -0.1) is 0 Å². The third-order valence-electron chi connectivity index (χ3n) is 3.21. The lowest BCUT2D eigenvalue weighted by molar-refractivity contribution is 0.365. The predicted octanol–water partition coefficient (Wildman–Crippen LogP) is 5.35. The predicted molar refractivity (Wildman–Crippen MR) is 77.5 cm³/mol. The molecule has 0 aliphatic heterocycles. The van der Waals surface area contributed by atoms with E-state index in [0.717, 1.165) is 0 Å². The molecule has 0 unspecified atom stereocenters. The maximum atomic E-state index is 2.32. The van der Waals surface area contributed by atoms with Crippen molar-refractivity contribution in [3.63, 3.8) is 0 Å². The van der Waals surface area contributed by atoms with Crippen molar-refractivity contribution in [2.24, 2.45) is 5.41 Å². The molecule has 0 bridgehead atoms. The fraction of sp³-hybridized carbons (Fsp3) is 0.647. The van der Waals surface area contributed by atoms with Crippen molar-refractivity contribution in [1.29, 1.82) is 0 Å². The fourth-order valence-electron chi connectivity index (χ4n) is 1.99. The largest absolute Gasteiger partial charge is 0.0602 e. The van der Waals surface area contributed by atoms with Crippen LogP contribution in [0.2, 0.25) is 0 Å². The Bertz CT molecular complexity index is 330. The summed E-state index contributed by atoms with van der Waals surface area (Å²) in [6.07, 6.45) is 3.80. The molecular formula is C17H28. The second-order valence-corrected chi connectivity index (χ2v) is 7.36. The highest BCUT2D eigenvalue weighted by molar-refractivity contribution is 5.27. The van der Waals surface area contributed by atoms with Gasteiger partial charge in [0.05, 0.1) is 0 Å². The van der Waals surface area contributed by atoms with Gasteiger partial charge in [0.25, 0.3) is 0 Å². The van der Waals surface area contributed by atoms with Gasteiger partial charge < -0.3 is 0 Å². The van der Waals surface area contributed by atoms with Crippen LogP contribution in [0.3, 0.4) is 0 Å². The minimum atomic E-state index is 0.268. The Balaban J connectivity index is 2.52. The van der Waals surface area contributed by atoms with Crippen LogP contribution in [0, 0.1) is 5.41 Å². The van der Waals surface area contributed by atoms with Gasteiger partial charge >= 0.3 is 0 Å². The summed E-state index contributed by atoms with van der Waals surface area (Å²) < 4.78 is 0. The summed E-state index contributed by atoms with van der Waals surface area (Å²) in [5, 5.41) is 0. The van der Waals surface area contributed by atoms with Crippen molar-refractivity contribution in [1.82, 2.24) is 0 Å². The van der Waals surface area contributed by atoms with Crippen LogP contribution in [-0.2, 0) is 11.8 Å². The van der Waals surface area contributed by atoms with Gasteiger partial charge in [0.1, 0.15) is 0 Å². The number of rotatable bonds is 3. The van der Waals surface area contributed by atoms with E-state index in [0.29, 0.717) is 5.41 Å². The van der Waals surface area contributed by atoms with E-state index in [1.165, 1.54) is 30.4 Å². The summed E-state index contributed by atoms with van der Waals surface area (Å²) in [7, 11) is 0. The maximum absolute atomic E-state index is 2.32. The van der Waals surface area contributed by atoms with Crippen LogP contribution in [0.4, 0.5) is 0 Å². The van der Waals surface area contributed by atoms with E-state index in [4.69, 9.17) is 0 Å². The molecule has 0 fully saturated rings. The molecule has 0 aromatic heterocycles. The van der Waals surface area contributed by atoms with Crippen LogP contribution < -0.4 is 0 Å². The first kappa shape index (κ1) is 14.3. The van der Waals surface area contributed by atoms with E-state index in [-0.39, 0.29) is 5.41 Å². The van der Waals surface area contributed by atoms with Crippen molar-refractivity contribution >= 4 is 0 Å². The van der Waals surface area contributed by atoms with Gasteiger partial charge in [-0.2, -0.15) is 0 Å². The molecule has 0 nitrogen and oxygen atoms in total. The molecule has 0 saturated heterocycles. The van der Waals surface area contributed by atoms with E-state index in [1.807, 2.05) is 0 Å². The highest BCUT2D eigenvalue weighted by Gasteiger charge is 2.13. The molecule has 17 heavy (non-hydrogen) atoms. The highest BCUT2D eigenvalue weighted by atomic mass is 14.2. The normalized spacial score (nSPS) is 12.8. The molecule has 0 saturated carbocycles. The van der Waals surface area contributed by atoms with E-state index < -0.39 is 0 Å². The van der Waals surface area contributed by atoms with Crippen LogP contribution in [0.5, 0.6) is 0 Å². The molecule has 1 aromatic rings. The molecule has 0 radical (unpaired) electrons. The molecular weight excluding hydrogens is 204 g/mol. The lowest BCUT2D eigenvalue weighted by Gasteiger charge is -2.20. The number of hydrogen-bond donors (Lipinski definition) is 0. The van der Waals surface area contributed by atoms with Gasteiger partial charge in [-0.1, -0.05) is 65.8 Å². The topological polar surface area (TPSA) is 0 Å². The zero-order valence-electron chi connectivity index (χ0n) is 12.4. The minimum absolute atomic E-state index is 0.268.